The van der Waals surface area contributed by atoms with Crippen LogP contribution < -0.4 is 11.1 Å². The van der Waals surface area contributed by atoms with E-state index in [1.54, 1.807) is 0 Å². The van der Waals surface area contributed by atoms with Gasteiger partial charge in [-0.1, -0.05) is 97.1 Å². The second-order valence-corrected chi connectivity index (χ2v) is 15.7. The Labute approximate surface area is 331 Å². The molecule has 3 aliphatic carbocycles. The van der Waals surface area contributed by atoms with Gasteiger partial charge in [-0.05, 0) is 119 Å². The molecule has 0 amide bonds. The van der Waals surface area contributed by atoms with Crippen LogP contribution in [0.3, 0.4) is 0 Å². The molecule has 1 spiro atoms. The van der Waals surface area contributed by atoms with Crippen LogP contribution in [0.4, 0.5) is 5.82 Å². The summed E-state index contributed by atoms with van der Waals surface area (Å²) in [6, 6.07) is 43.0. The lowest BCUT2D eigenvalue weighted by Crippen LogP contribution is -2.32. The van der Waals surface area contributed by atoms with Gasteiger partial charge in [0.15, 0.2) is 0 Å². The summed E-state index contributed by atoms with van der Waals surface area (Å²) in [6.45, 7) is 2.76. The number of fused-ring (bicyclic) bond motifs is 14. The second-order valence-electron chi connectivity index (χ2n) is 15.7. The molecule has 2 atom stereocenters. The molecule has 2 unspecified atom stereocenters. The molecule has 5 nitrogen and oxygen atoms in total. The molecule has 57 heavy (non-hydrogen) atoms. The highest BCUT2D eigenvalue weighted by Gasteiger charge is 2.56. The molecule has 4 heterocycles. The van der Waals surface area contributed by atoms with Gasteiger partial charge in [0, 0.05) is 57.1 Å². The zero-order valence-electron chi connectivity index (χ0n) is 31.6. The highest BCUT2D eigenvalue weighted by Crippen LogP contribution is 2.65. The predicted molar refractivity (Wildman–Crippen MR) is 235 cm³/mol. The van der Waals surface area contributed by atoms with Crippen LogP contribution in [-0.4, -0.2) is 14.1 Å². The van der Waals surface area contributed by atoms with Gasteiger partial charge >= 0.3 is 0 Å². The molecule has 5 aromatic carbocycles. The lowest BCUT2D eigenvalue weighted by molar-refractivity contribution is 0.494. The summed E-state index contributed by atoms with van der Waals surface area (Å²) in [4.78, 5) is 4.70. The first kappa shape index (κ1) is 32.2. The van der Waals surface area contributed by atoms with E-state index in [1.807, 2.05) is 25.4 Å². The van der Waals surface area contributed by atoms with Crippen LogP contribution in [0.15, 0.2) is 158 Å². The Kier molecular flexibility index (Phi) is 6.74. The average molecular weight is 734 g/mol. The van der Waals surface area contributed by atoms with Crippen LogP contribution in [-0.2, 0) is 12.0 Å². The number of benzene rings is 5. The predicted octanol–water partition coefficient (Wildman–Crippen LogP) is 11.6. The number of nitrogens with two attached hydrogens (primary N) is 1. The quantitative estimate of drug-likeness (QED) is 0.189. The third-order valence-electron chi connectivity index (χ3n) is 13.1. The summed E-state index contributed by atoms with van der Waals surface area (Å²) in [6.07, 6.45) is 20.3. The van der Waals surface area contributed by atoms with E-state index in [2.05, 4.69) is 166 Å². The van der Waals surface area contributed by atoms with Gasteiger partial charge in [0.2, 0.25) is 0 Å². The number of hydrogen-bond donors (Lipinski definition) is 2. The summed E-state index contributed by atoms with van der Waals surface area (Å²) in [5, 5.41) is 5.88. The zero-order valence-corrected chi connectivity index (χ0v) is 31.6. The molecule has 4 aliphatic rings. The molecule has 0 fully saturated rings. The lowest BCUT2D eigenvalue weighted by Gasteiger charge is -2.36. The van der Waals surface area contributed by atoms with Crippen molar-refractivity contribution in [1.29, 1.82) is 0 Å². The molecular weight excluding hydrogens is 695 g/mol. The topological polar surface area (TPSA) is 60.8 Å². The molecule has 3 aromatic heterocycles. The highest BCUT2D eigenvalue weighted by molar-refractivity contribution is 6.12. The molecule has 0 saturated carbocycles. The fourth-order valence-corrected chi connectivity index (χ4v) is 10.8. The Morgan fingerprint density at radius 1 is 0.754 bits per heavy atom. The van der Waals surface area contributed by atoms with Gasteiger partial charge in [-0.25, -0.2) is 0 Å². The van der Waals surface area contributed by atoms with Crippen molar-refractivity contribution in [3.63, 3.8) is 0 Å². The first-order valence-electron chi connectivity index (χ1n) is 19.9. The van der Waals surface area contributed by atoms with Gasteiger partial charge in [0.1, 0.15) is 5.82 Å². The Morgan fingerprint density at radius 2 is 1.51 bits per heavy atom. The van der Waals surface area contributed by atoms with Crippen LogP contribution in [0, 0.1) is 5.92 Å². The van der Waals surface area contributed by atoms with Gasteiger partial charge in [0.05, 0.1) is 28.7 Å². The number of hydrogen-bond acceptors (Lipinski definition) is 3. The highest BCUT2D eigenvalue weighted by atomic mass is 15.1. The number of nitrogens with zero attached hydrogens (tertiary/aromatic N) is 3. The Hall–Kier alpha value is -7.11. The van der Waals surface area contributed by atoms with Gasteiger partial charge in [0.25, 0.3) is 0 Å². The number of rotatable bonds is 4. The van der Waals surface area contributed by atoms with E-state index in [0.717, 1.165) is 41.3 Å². The van der Waals surface area contributed by atoms with Gasteiger partial charge in [-0.15, -0.1) is 0 Å². The molecule has 5 heteroatoms. The summed E-state index contributed by atoms with van der Waals surface area (Å²) >= 11 is 0. The normalized spacial score (nSPS) is 18.5. The number of para-hydroxylation sites is 1. The average Bonchev–Trinajstić information content (AvgIpc) is 3.95. The summed E-state index contributed by atoms with van der Waals surface area (Å²) in [7, 11) is 0. The zero-order chi connectivity index (χ0) is 37.8. The molecule has 0 saturated heterocycles. The lowest BCUT2D eigenvalue weighted by atomic mass is 9.65. The van der Waals surface area contributed by atoms with Crippen LogP contribution in [0.25, 0.3) is 73.2 Å². The van der Waals surface area contributed by atoms with Crippen LogP contribution in [0.1, 0.15) is 52.4 Å². The number of allylic oxidation sites excluding steroid dienone is 5. The molecule has 0 radical (unpaired) electrons. The van der Waals surface area contributed by atoms with Crippen molar-refractivity contribution in [1.82, 2.24) is 19.4 Å². The van der Waals surface area contributed by atoms with E-state index in [4.69, 9.17) is 10.7 Å². The second kappa shape index (κ2) is 11.9. The number of pyridine rings is 1. The van der Waals surface area contributed by atoms with Gasteiger partial charge in [-0.3, -0.25) is 9.55 Å². The molecule has 3 N–H and O–H groups in total. The van der Waals surface area contributed by atoms with Crippen molar-refractivity contribution in [2.24, 2.45) is 5.92 Å². The molecule has 8 aromatic rings. The van der Waals surface area contributed by atoms with Gasteiger partial charge < -0.3 is 15.6 Å². The van der Waals surface area contributed by atoms with Crippen LogP contribution in [0.5, 0.6) is 0 Å². The Bertz CT molecular complexity index is 3110. The van der Waals surface area contributed by atoms with Crippen molar-refractivity contribution in [3.8, 4) is 33.6 Å². The summed E-state index contributed by atoms with van der Waals surface area (Å²) in [5.74, 6) is 1.07. The summed E-state index contributed by atoms with van der Waals surface area (Å²) < 4.78 is 4.65. The molecular formula is C52H39N5. The van der Waals surface area contributed by atoms with E-state index < -0.39 is 0 Å². The van der Waals surface area contributed by atoms with Crippen molar-refractivity contribution in [2.45, 2.75) is 25.3 Å². The molecule has 0 bridgehead atoms. The van der Waals surface area contributed by atoms with Gasteiger partial charge in [-0.2, -0.15) is 0 Å². The minimum atomic E-state index is -0.293. The molecule has 1 aliphatic heterocycles. The van der Waals surface area contributed by atoms with Crippen molar-refractivity contribution < 1.29 is 0 Å². The largest absolute Gasteiger partial charge is 0.385 e. The van der Waals surface area contributed by atoms with Crippen LogP contribution in [0.2, 0.25) is 0 Å². The maximum absolute atomic E-state index is 6.77. The van der Waals surface area contributed by atoms with E-state index >= 15 is 0 Å². The van der Waals surface area contributed by atoms with Crippen LogP contribution >= 0.6 is 0 Å². The number of nitrogens with one attached hydrogen (secondary N) is 1. The minimum Gasteiger partial charge on any atom is -0.385 e. The van der Waals surface area contributed by atoms with Crippen molar-refractivity contribution >= 4 is 45.3 Å². The standard InChI is InChI=1S/C52H39N5/c1-2-9-40-39-24-26-55-31-50(39)57(51(40)53)35-22-18-33(19-23-35)32-16-20-34(21-17-32)56-48-15-8-5-12-38(48)42-28-41-43-30-54-27-25-46(43)52(47(41)29-49(42)56)44-13-6-3-10-36(44)37-11-4-7-14-45(37)52/h2-13,15-30,45,55H,14,31,53H2,1H3/b9-2-. The van der Waals surface area contributed by atoms with Crippen molar-refractivity contribution in [3.05, 3.63) is 197 Å². The maximum Gasteiger partial charge on any atom is 0.116 e. The monoisotopic (exact) mass is 733 g/mol. The number of aromatic nitrogens is 3. The fourth-order valence-electron chi connectivity index (χ4n) is 10.8. The minimum absolute atomic E-state index is 0.293. The fraction of sp³-hybridized carbons (Fsp3) is 0.0962. The molecule has 12 rings (SSSR count). The van der Waals surface area contributed by atoms with E-state index in [1.165, 1.54) is 77.6 Å². The molecule has 272 valence electrons. The maximum atomic E-state index is 6.77. The number of anilines is 1. The first-order valence-corrected chi connectivity index (χ1v) is 19.9. The SMILES string of the molecule is C/C=C\c1c2c(n(-c3ccc(-c4ccc(-n5c6ccccc6c6cc7c(cc65)C5(c6ccccc6C6=CC=CCC65)c5ccncc5-7)cc4)cc3)c1N)CNC=C2. The van der Waals surface area contributed by atoms with E-state index in [0.29, 0.717) is 5.92 Å². The third-order valence-corrected chi connectivity index (χ3v) is 13.1. The first-order chi connectivity index (χ1) is 28.2. The third kappa shape index (κ3) is 4.26. The Balaban J connectivity index is 0.994. The van der Waals surface area contributed by atoms with E-state index in [-0.39, 0.29) is 5.41 Å². The number of nitrogen functional groups attached to an aromatic ring is 1. The smallest absolute Gasteiger partial charge is 0.116 e. The summed E-state index contributed by atoms with van der Waals surface area (Å²) in [5.41, 5.74) is 26.4. The Morgan fingerprint density at radius 3 is 2.33 bits per heavy atom. The van der Waals surface area contributed by atoms with E-state index in [9.17, 15) is 0 Å². The van der Waals surface area contributed by atoms with Crippen molar-refractivity contribution in [2.75, 3.05) is 5.73 Å².